The summed E-state index contributed by atoms with van der Waals surface area (Å²) in [4.78, 5) is 28.5. The molecule has 0 bridgehead atoms. The lowest BCUT2D eigenvalue weighted by Gasteiger charge is -2.33. The van der Waals surface area contributed by atoms with Crippen molar-refractivity contribution in [3.8, 4) is 11.5 Å². The van der Waals surface area contributed by atoms with Crippen LogP contribution in [0.1, 0.15) is 32.3 Å². The zero-order valence-electron chi connectivity index (χ0n) is 15.4. The minimum absolute atomic E-state index is 0.0172. The third-order valence-corrected chi connectivity index (χ3v) is 5.05. The van der Waals surface area contributed by atoms with E-state index in [1.165, 1.54) is 0 Å². The quantitative estimate of drug-likeness (QED) is 0.759. The molecule has 0 spiro atoms. The van der Waals surface area contributed by atoms with Gasteiger partial charge in [0.15, 0.2) is 11.5 Å². The first-order chi connectivity index (χ1) is 12.6. The van der Waals surface area contributed by atoms with Gasteiger partial charge in [-0.15, -0.1) is 0 Å². The first-order valence-electron chi connectivity index (χ1n) is 9.27. The first-order valence-corrected chi connectivity index (χ1v) is 9.27. The van der Waals surface area contributed by atoms with Crippen LogP contribution in [0.15, 0.2) is 24.3 Å². The smallest absolute Gasteiger partial charge is 0.246 e. The topological polar surface area (TPSA) is 59.1 Å². The van der Waals surface area contributed by atoms with E-state index in [-0.39, 0.29) is 24.5 Å². The van der Waals surface area contributed by atoms with E-state index in [0.717, 1.165) is 37.2 Å². The molecule has 2 aliphatic rings. The molecule has 1 aromatic carbocycles. The van der Waals surface area contributed by atoms with Gasteiger partial charge >= 0.3 is 0 Å². The van der Waals surface area contributed by atoms with Crippen molar-refractivity contribution >= 4 is 17.9 Å². The van der Waals surface area contributed by atoms with E-state index in [2.05, 4.69) is 0 Å². The fourth-order valence-corrected chi connectivity index (χ4v) is 3.43. The Morgan fingerprint density at radius 3 is 2.54 bits per heavy atom. The van der Waals surface area contributed by atoms with Crippen LogP contribution in [0.25, 0.3) is 6.08 Å². The van der Waals surface area contributed by atoms with Crippen LogP contribution in [0.2, 0.25) is 0 Å². The predicted octanol–water partition coefficient (Wildman–Crippen LogP) is 2.54. The Morgan fingerprint density at radius 1 is 1.15 bits per heavy atom. The number of hydrogen-bond donors (Lipinski definition) is 0. The minimum atomic E-state index is -0.0172. The van der Waals surface area contributed by atoms with Gasteiger partial charge in [0.2, 0.25) is 18.6 Å². The number of carbonyl (C=O) groups is 2. The molecule has 1 saturated heterocycles. The van der Waals surface area contributed by atoms with Crippen LogP contribution < -0.4 is 9.47 Å². The standard InChI is InChI=1S/C20H26N2O4/c1-3-21(4-2)20(24)16-9-11-22(12-10-16)19(23)8-6-15-5-7-17-18(13-15)26-14-25-17/h5-8,13,16H,3-4,9-12,14H2,1-2H3/b8-6+. The van der Waals surface area contributed by atoms with Crippen LogP contribution >= 0.6 is 0 Å². The van der Waals surface area contributed by atoms with Crippen molar-refractivity contribution in [3.63, 3.8) is 0 Å². The van der Waals surface area contributed by atoms with Gasteiger partial charge in [-0.2, -0.15) is 0 Å². The van der Waals surface area contributed by atoms with Crippen LogP contribution in [-0.4, -0.2) is 54.6 Å². The molecule has 3 rings (SSSR count). The van der Waals surface area contributed by atoms with Crippen molar-refractivity contribution in [2.24, 2.45) is 5.92 Å². The Balaban J connectivity index is 1.53. The lowest BCUT2D eigenvalue weighted by molar-refractivity contribution is -0.139. The maximum atomic E-state index is 12.4. The molecule has 0 radical (unpaired) electrons. The second kappa shape index (κ2) is 8.25. The molecule has 140 valence electrons. The summed E-state index contributed by atoms with van der Waals surface area (Å²) in [5.41, 5.74) is 0.897. The van der Waals surface area contributed by atoms with E-state index in [0.29, 0.717) is 18.8 Å². The lowest BCUT2D eigenvalue weighted by Crippen LogP contribution is -2.44. The average Bonchev–Trinajstić information content (AvgIpc) is 3.15. The summed E-state index contributed by atoms with van der Waals surface area (Å²) < 4.78 is 10.6. The van der Waals surface area contributed by atoms with Crippen molar-refractivity contribution < 1.29 is 19.1 Å². The number of hydrogen-bond acceptors (Lipinski definition) is 4. The number of fused-ring (bicyclic) bond motifs is 1. The van der Waals surface area contributed by atoms with Crippen LogP contribution in [-0.2, 0) is 9.59 Å². The van der Waals surface area contributed by atoms with Gasteiger partial charge in [-0.25, -0.2) is 0 Å². The number of ether oxygens (including phenoxy) is 2. The molecule has 6 heteroatoms. The number of rotatable bonds is 5. The van der Waals surface area contributed by atoms with Gasteiger partial charge in [0.25, 0.3) is 0 Å². The minimum Gasteiger partial charge on any atom is -0.454 e. The average molecular weight is 358 g/mol. The van der Waals surface area contributed by atoms with Gasteiger partial charge in [-0.3, -0.25) is 9.59 Å². The number of carbonyl (C=O) groups excluding carboxylic acids is 2. The Bertz CT molecular complexity index is 689. The number of likely N-dealkylation sites (tertiary alicyclic amines) is 1. The number of nitrogens with zero attached hydrogens (tertiary/aromatic N) is 2. The summed E-state index contributed by atoms with van der Waals surface area (Å²) in [6.45, 7) is 6.98. The highest BCUT2D eigenvalue weighted by Crippen LogP contribution is 2.32. The van der Waals surface area contributed by atoms with E-state index in [1.54, 1.807) is 12.2 Å². The van der Waals surface area contributed by atoms with Gasteiger partial charge in [-0.05, 0) is 50.5 Å². The van der Waals surface area contributed by atoms with Crippen molar-refractivity contribution in [2.45, 2.75) is 26.7 Å². The summed E-state index contributed by atoms with van der Waals surface area (Å²) >= 11 is 0. The highest BCUT2D eigenvalue weighted by molar-refractivity contribution is 5.92. The SMILES string of the molecule is CCN(CC)C(=O)C1CCN(C(=O)/C=C/c2ccc3c(c2)OCO3)CC1. The highest BCUT2D eigenvalue weighted by atomic mass is 16.7. The molecule has 0 unspecified atom stereocenters. The number of benzene rings is 1. The zero-order chi connectivity index (χ0) is 18.5. The molecule has 1 aromatic rings. The Labute approximate surface area is 154 Å². The predicted molar refractivity (Wildman–Crippen MR) is 98.8 cm³/mol. The lowest BCUT2D eigenvalue weighted by atomic mass is 9.95. The van der Waals surface area contributed by atoms with Gasteiger partial charge < -0.3 is 19.3 Å². The summed E-state index contributed by atoms with van der Waals surface area (Å²) in [5.74, 6) is 1.68. The van der Waals surface area contributed by atoms with Crippen LogP contribution in [0.5, 0.6) is 11.5 Å². The van der Waals surface area contributed by atoms with Crippen LogP contribution in [0.4, 0.5) is 0 Å². The molecule has 0 N–H and O–H groups in total. The van der Waals surface area contributed by atoms with Crippen molar-refractivity contribution in [3.05, 3.63) is 29.8 Å². The largest absolute Gasteiger partial charge is 0.454 e. The normalized spacial score (nSPS) is 16.9. The third kappa shape index (κ3) is 4.00. The second-order valence-corrected chi connectivity index (χ2v) is 6.56. The zero-order valence-corrected chi connectivity index (χ0v) is 15.4. The third-order valence-electron chi connectivity index (χ3n) is 5.05. The van der Waals surface area contributed by atoms with Gasteiger partial charge in [-0.1, -0.05) is 6.07 Å². The molecule has 6 nitrogen and oxygen atoms in total. The van der Waals surface area contributed by atoms with E-state index in [9.17, 15) is 9.59 Å². The molecule has 0 saturated carbocycles. The van der Waals surface area contributed by atoms with Crippen LogP contribution in [0.3, 0.4) is 0 Å². The fourth-order valence-electron chi connectivity index (χ4n) is 3.43. The molecule has 1 fully saturated rings. The van der Waals surface area contributed by atoms with Gasteiger partial charge in [0, 0.05) is 38.2 Å². The Kier molecular flexibility index (Phi) is 5.81. The maximum absolute atomic E-state index is 12.4. The van der Waals surface area contributed by atoms with Gasteiger partial charge in [0.1, 0.15) is 0 Å². The number of piperidine rings is 1. The fraction of sp³-hybridized carbons (Fsp3) is 0.500. The molecule has 2 heterocycles. The molecule has 2 aliphatic heterocycles. The summed E-state index contributed by atoms with van der Waals surface area (Å²) in [6, 6.07) is 5.60. The molecule has 0 aliphatic carbocycles. The van der Waals surface area contributed by atoms with E-state index >= 15 is 0 Å². The summed E-state index contributed by atoms with van der Waals surface area (Å²) in [5, 5.41) is 0. The monoisotopic (exact) mass is 358 g/mol. The maximum Gasteiger partial charge on any atom is 0.246 e. The summed E-state index contributed by atoms with van der Waals surface area (Å²) in [7, 11) is 0. The Hall–Kier alpha value is -2.50. The molecule has 0 atom stereocenters. The van der Waals surface area contributed by atoms with E-state index in [1.807, 2.05) is 41.8 Å². The molecular weight excluding hydrogens is 332 g/mol. The van der Waals surface area contributed by atoms with Crippen LogP contribution in [0, 0.1) is 5.92 Å². The van der Waals surface area contributed by atoms with Crippen molar-refractivity contribution in [1.82, 2.24) is 9.80 Å². The Morgan fingerprint density at radius 2 is 1.85 bits per heavy atom. The van der Waals surface area contributed by atoms with E-state index in [4.69, 9.17) is 9.47 Å². The van der Waals surface area contributed by atoms with Crippen molar-refractivity contribution in [1.29, 1.82) is 0 Å². The molecular formula is C20H26N2O4. The molecule has 26 heavy (non-hydrogen) atoms. The van der Waals surface area contributed by atoms with Crippen molar-refractivity contribution in [2.75, 3.05) is 33.0 Å². The molecule has 2 amide bonds. The second-order valence-electron chi connectivity index (χ2n) is 6.56. The summed E-state index contributed by atoms with van der Waals surface area (Å²) in [6.07, 6.45) is 4.85. The molecule has 0 aromatic heterocycles. The number of amides is 2. The highest BCUT2D eigenvalue weighted by Gasteiger charge is 2.28. The van der Waals surface area contributed by atoms with Gasteiger partial charge in [0.05, 0.1) is 0 Å². The van der Waals surface area contributed by atoms with E-state index < -0.39 is 0 Å². The first kappa shape index (κ1) is 18.3.